The number of halogens is 1. The summed E-state index contributed by atoms with van der Waals surface area (Å²) < 4.78 is 32.8. The van der Waals surface area contributed by atoms with Crippen molar-refractivity contribution in [1.82, 2.24) is 10.3 Å². The van der Waals surface area contributed by atoms with Gasteiger partial charge in [-0.25, -0.2) is 14.2 Å². The zero-order valence-corrected chi connectivity index (χ0v) is 24.8. The number of hydrogen-bond acceptors (Lipinski definition) is 7. The number of nitrogens with zero attached hydrogens (tertiary/aromatic N) is 3. The van der Waals surface area contributed by atoms with Crippen LogP contribution in [0.2, 0.25) is 0 Å². The van der Waals surface area contributed by atoms with Gasteiger partial charge in [0.1, 0.15) is 30.1 Å². The maximum atomic E-state index is 15.0. The van der Waals surface area contributed by atoms with Crippen LogP contribution in [0.5, 0.6) is 17.2 Å². The predicted molar refractivity (Wildman–Crippen MR) is 165 cm³/mol. The van der Waals surface area contributed by atoms with Crippen LogP contribution >= 0.6 is 0 Å². The van der Waals surface area contributed by atoms with Gasteiger partial charge in [-0.15, -0.1) is 0 Å². The molecule has 0 spiro atoms. The van der Waals surface area contributed by atoms with Crippen molar-refractivity contribution in [2.24, 2.45) is 0 Å². The number of nitrogens with one attached hydrogen (secondary N) is 1. The van der Waals surface area contributed by atoms with Crippen LogP contribution in [0.25, 0.3) is 22.4 Å². The van der Waals surface area contributed by atoms with Gasteiger partial charge < -0.3 is 29.5 Å². The summed E-state index contributed by atoms with van der Waals surface area (Å²) in [6.45, 7) is 3.39. The number of carboxylic acid groups (broad SMARTS) is 1. The van der Waals surface area contributed by atoms with Gasteiger partial charge in [-0.1, -0.05) is 42.5 Å². The fourth-order valence-corrected chi connectivity index (χ4v) is 5.53. The summed E-state index contributed by atoms with van der Waals surface area (Å²) in [5, 5.41) is 21.0. The summed E-state index contributed by atoms with van der Waals surface area (Å²) in [5.74, 6) is 1.63. The Kier molecular flexibility index (Phi) is 9.15. The maximum absolute atomic E-state index is 15.0. The molecular weight excluding hydrogens is 563 g/mol. The van der Waals surface area contributed by atoms with Gasteiger partial charge in [-0.05, 0) is 55.2 Å². The van der Waals surface area contributed by atoms with Crippen molar-refractivity contribution in [3.05, 3.63) is 89.2 Å². The molecule has 1 aromatic heterocycles. The average Bonchev–Trinajstić information content (AvgIpc) is 3.04. The first-order valence-electron chi connectivity index (χ1n) is 14.2. The third-order valence-corrected chi connectivity index (χ3v) is 7.74. The summed E-state index contributed by atoms with van der Waals surface area (Å²) in [4.78, 5) is 18.3. The van der Waals surface area contributed by atoms with Gasteiger partial charge in [-0.3, -0.25) is 0 Å². The minimum atomic E-state index is -1.04. The molecule has 10 heteroatoms. The second-order valence-corrected chi connectivity index (χ2v) is 10.5. The quantitative estimate of drug-likeness (QED) is 0.223. The van der Waals surface area contributed by atoms with Gasteiger partial charge in [-0.2, -0.15) is 5.26 Å². The van der Waals surface area contributed by atoms with Crippen LogP contribution in [0.15, 0.2) is 66.7 Å². The topological polar surface area (TPSA) is 117 Å². The van der Waals surface area contributed by atoms with Gasteiger partial charge >= 0.3 is 6.09 Å². The van der Waals surface area contributed by atoms with E-state index in [1.54, 1.807) is 20.3 Å². The number of ether oxygens (including phenoxy) is 3. The summed E-state index contributed by atoms with van der Waals surface area (Å²) in [6, 6.07) is 21.5. The van der Waals surface area contributed by atoms with Crippen molar-refractivity contribution in [3.8, 4) is 45.7 Å². The minimum Gasteiger partial charge on any atom is -0.496 e. The molecule has 5 rings (SSSR count). The van der Waals surface area contributed by atoms with Gasteiger partial charge in [0, 0.05) is 30.3 Å². The highest BCUT2D eigenvalue weighted by Crippen LogP contribution is 2.46. The molecule has 3 aromatic carbocycles. The number of hydrogen-bond donors (Lipinski definition) is 2. The Hall–Kier alpha value is -5.30. The summed E-state index contributed by atoms with van der Waals surface area (Å²) in [5.41, 5.74) is 4.01. The second-order valence-electron chi connectivity index (χ2n) is 10.5. The van der Waals surface area contributed by atoms with Crippen LogP contribution < -0.4 is 24.4 Å². The van der Waals surface area contributed by atoms with Crippen molar-refractivity contribution in [3.63, 3.8) is 0 Å². The van der Waals surface area contributed by atoms with Gasteiger partial charge in [0.05, 0.1) is 31.0 Å². The van der Waals surface area contributed by atoms with Crippen molar-refractivity contribution in [1.29, 1.82) is 5.26 Å². The number of nitriles is 1. The lowest BCUT2D eigenvalue weighted by Crippen LogP contribution is -2.44. The summed E-state index contributed by atoms with van der Waals surface area (Å²) >= 11 is 0. The molecule has 44 heavy (non-hydrogen) atoms. The third-order valence-electron chi connectivity index (χ3n) is 7.74. The molecule has 1 aliphatic heterocycles. The van der Waals surface area contributed by atoms with E-state index < -0.39 is 11.9 Å². The standard InChI is InChI=1S/C34H33FN4O5/c1-21-32(43-3)30(23-11-12-28(42-2)29(18-23)44-20-22-7-5-4-6-8-22)31(24-9-10-25(19-36)27(35)17-24)38-33(21)39-15-13-26(14-16-39)37-34(40)41/h4-12,17-18,26,37H,13-16,20H2,1-3H3,(H,40,41). The second kappa shape index (κ2) is 13.3. The zero-order chi connectivity index (χ0) is 31.2. The number of aromatic nitrogens is 1. The maximum Gasteiger partial charge on any atom is 0.404 e. The van der Waals surface area contributed by atoms with Crippen LogP contribution in [-0.4, -0.2) is 49.5 Å². The van der Waals surface area contributed by atoms with E-state index in [0.717, 1.165) is 16.7 Å². The van der Waals surface area contributed by atoms with E-state index >= 15 is 0 Å². The third kappa shape index (κ3) is 6.37. The molecule has 1 saturated heterocycles. The van der Waals surface area contributed by atoms with E-state index in [-0.39, 0.29) is 11.6 Å². The average molecular weight is 597 g/mol. The number of carbonyl (C=O) groups is 1. The molecule has 0 aliphatic carbocycles. The Balaban J connectivity index is 1.63. The molecule has 2 heterocycles. The largest absolute Gasteiger partial charge is 0.496 e. The number of anilines is 1. The van der Waals surface area contributed by atoms with Crippen molar-refractivity contribution in [2.45, 2.75) is 32.4 Å². The Labute approximate surface area is 255 Å². The zero-order valence-electron chi connectivity index (χ0n) is 24.8. The molecule has 2 N–H and O–H groups in total. The van der Waals surface area contributed by atoms with Crippen molar-refractivity contribution in [2.75, 3.05) is 32.2 Å². The van der Waals surface area contributed by atoms with Crippen LogP contribution in [0, 0.1) is 24.1 Å². The normalized spacial score (nSPS) is 13.2. The van der Waals surface area contributed by atoms with Crippen molar-refractivity contribution >= 4 is 11.9 Å². The smallest absolute Gasteiger partial charge is 0.404 e. The Bertz CT molecular complexity index is 1700. The highest BCUT2D eigenvalue weighted by atomic mass is 19.1. The molecule has 0 radical (unpaired) electrons. The van der Waals surface area contributed by atoms with E-state index in [9.17, 15) is 14.4 Å². The van der Waals surface area contributed by atoms with Gasteiger partial charge in [0.15, 0.2) is 11.5 Å². The number of rotatable bonds is 9. The van der Waals surface area contributed by atoms with Crippen LogP contribution in [0.4, 0.5) is 15.0 Å². The fraction of sp³-hybridized carbons (Fsp3) is 0.265. The lowest BCUT2D eigenvalue weighted by molar-refractivity contribution is 0.187. The first-order valence-corrected chi connectivity index (χ1v) is 14.2. The van der Waals surface area contributed by atoms with Crippen LogP contribution in [-0.2, 0) is 6.61 Å². The van der Waals surface area contributed by atoms with E-state index in [1.165, 1.54) is 12.1 Å². The molecule has 4 aromatic rings. The summed E-state index contributed by atoms with van der Waals surface area (Å²) in [6.07, 6.45) is 0.179. The van der Waals surface area contributed by atoms with Gasteiger partial charge in [0.25, 0.3) is 0 Å². The van der Waals surface area contributed by atoms with E-state index in [1.807, 2.05) is 61.5 Å². The first kappa shape index (κ1) is 30.2. The first-order chi connectivity index (χ1) is 21.3. The van der Waals surface area contributed by atoms with Crippen LogP contribution in [0.1, 0.15) is 29.5 Å². The lowest BCUT2D eigenvalue weighted by Gasteiger charge is -2.34. The van der Waals surface area contributed by atoms with E-state index in [4.69, 9.17) is 24.3 Å². The number of piperidine rings is 1. The molecule has 0 saturated carbocycles. The molecular formula is C34H33FN4O5. The minimum absolute atomic E-state index is 0.0661. The summed E-state index contributed by atoms with van der Waals surface area (Å²) in [7, 11) is 3.16. The van der Waals surface area contributed by atoms with Crippen LogP contribution in [0.3, 0.4) is 0 Å². The Morgan fingerprint density at radius 2 is 1.77 bits per heavy atom. The molecule has 1 amide bonds. The molecule has 0 unspecified atom stereocenters. The van der Waals surface area contributed by atoms with E-state index in [0.29, 0.717) is 72.4 Å². The fourth-order valence-electron chi connectivity index (χ4n) is 5.53. The van der Waals surface area contributed by atoms with E-state index in [2.05, 4.69) is 10.2 Å². The molecule has 1 aliphatic rings. The monoisotopic (exact) mass is 596 g/mol. The molecule has 0 bridgehead atoms. The SMILES string of the molecule is COc1ccc(-c2c(-c3ccc(C#N)c(F)c3)nc(N3CCC(NC(=O)O)CC3)c(C)c2OC)cc1OCc1ccccc1. The van der Waals surface area contributed by atoms with Crippen molar-refractivity contribution < 1.29 is 28.5 Å². The number of pyridine rings is 1. The number of amides is 1. The molecule has 226 valence electrons. The molecule has 9 nitrogen and oxygen atoms in total. The Morgan fingerprint density at radius 3 is 2.41 bits per heavy atom. The molecule has 0 atom stereocenters. The lowest BCUT2D eigenvalue weighted by atomic mass is 9.94. The predicted octanol–water partition coefficient (Wildman–Crippen LogP) is 6.57. The highest BCUT2D eigenvalue weighted by molar-refractivity contribution is 5.89. The highest BCUT2D eigenvalue weighted by Gasteiger charge is 2.28. The number of methoxy groups -OCH3 is 2. The molecule has 1 fully saturated rings. The number of benzene rings is 3. The Morgan fingerprint density at radius 1 is 1.05 bits per heavy atom. The van der Waals surface area contributed by atoms with Gasteiger partial charge in [0.2, 0.25) is 0 Å².